The highest BCUT2D eigenvalue weighted by atomic mass is 16.3. The predicted octanol–water partition coefficient (Wildman–Crippen LogP) is 0.959. The number of rotatable bonds is 1. The first-order valence-corrected chi connectivity index (χ1v) is 6.21. The van der Waals surface area contributed by atoms with Gasteiger partial charge in [-0.25, -0.2) is 0 Å². The molecule has 2 rings (SSSR count). The summed E-state index contributed by atoms with van der Waals surface area (Å²) < 4.78 is 0. The third-order valence-electron chi connectivity index (χ3n) is 4.48. The molecule has 1 saturated heterocycles. The lowest BCUT2D eigenvalue weighted by Gasteiger charge is -2.43. The third kappa shape index (κ3) is 2.05. The average Bonchev–Trinajstić information content (AvgIpc) is 2.42. The lowest BCUT2D eigenvalue weighted by Crippen LogP contribution is -2.48. The van der Waals surface area contributed by atoms with Crippen LogP contribution in [0.5, 0.6) is 0 Å². The van der Waals surface area contributed by atoms with Crippen molar-refractivity contribution in [1.82, 2.24) is 4.90 Å². The quantitative estimate of drug-likeness (QED) is 0.680. The van der Waals surface area contributed by atoms with Crippen molar-refractivity contribution in [1.29, 1.82) is 0 Å². The van der Waals surface area contributed by atoms with E-state index in [1.165, 1.54) is 12.8 Å². The summed E-state index contributed by atoms with van der Waals surface area (Å²) >= 11 is 0. The first kappa shape index (κ1) is 11.4. The van der Waals surface area contributed by atoms with Gasteiger partial charge in [-0.1, -0.05) is 0 Å². The summed E-state index contributed by atoms with van der Waals surface area (Å²) in [5, 5.41) is 9.70. The van der Waals surface area contributed by atoms with Gasteiger partial charge >= 0.3 is 0 Å². The summed E-state index contributed by atoms with van der Waals surface area (Å²) in [5.41, 5.74) is 6.43. The molecule has 1 aliphatic carbocycles. The zero-order valence-electron chi connectivity index (χ0n) is 9.95. The standard InChI is InChI=1S/C12H24N2O/c1-9(2)14-5-3-12(4-6-14)8-10(15)7-11(12)13/h9-11,15H,3-8,13H2,1-2H3/t10-,11-/m1/s1. The van der Waals surface area contributed by atoms with Gasteiger partial charge in [-0.3, -0.25) is 0 Å². The minimum absolute atomic E-state index is 0.148. The number of piperidine rings is 1. The van der Waals surface area contributed by atoms with E-state index >= 15 is 0 Å². The van der Waals surface area contributed by atoms with Crippen molar-refractivity contribution in [2.45, 2.75) is 57.7 Å². The molecule has 1 saturated carbocycles. The van der Waals surface area contributed by atoms with Crippen LogP contribution in [0, 0.1) is 5.41 Å². The predicted molar refractivity (Wildman–Crippen MR) is 61.6 cm³/mol. The summed E-state index contributed by atoms with van der Waals surface area (Å²) in [6.45, 7) is 6.80. The Labute approximate surface area is 92.6 Å². The van der Waals surface area contributed by atoms with Crippen molar-refractivity contribution >= 4 is 0 Å². The second kappa shape index (κ2) is 4.04. The van der Waals surface area contributed by atoms with Crippen molar-refractivity contribution in [3.05, 3.63) is 0 Å². The number of likely N-dealkylation sites (tertiary alicyclic amines) is 1. The van der Waals surface area contributed by atoms with Crippen molar-refractivity contribution in [2.24, 2.45) is 11.1 Å². The Morgan fingerprint density at radius 3 is 2.33 bits per heavy atom. The number of hydrogen-bond acceptors (Lipinski definition) is 3. The molecule has 0 bridgehead atoms. The van der Waals surface area contributed by atoms with Gasteiger partial charge in [-0.15, -0.1) is 0 Å². The smallest absolute Gasteiger partial charge is 0.0561 e. The van der Waals surface area contributed by atoms with Crippen molar-refractivity contribution in [3.8, 4) is 0 Å². The molecule has 2 aliphatic rings. The van der Waals surface area contributed by atoms with Crippen LogP contribution in [0.4, 0.5) is 0 Å². The van der Waals surface area contributed by atoms with Gasteiger partial charge in [-0.2, -0.15) is 0 Å². The maximum atomic E-state index is 9.70. The van der Waals surface area contributed by atoms with Crippen molar-refractivity contribution in [3.63, 3.8) is 0 Å². The summed E-state index contributed by atoms with van der Waals surface area (Å²) in [6, 6.07) is 0.867. The molecular weight excluding hydrogens is 188 g/mol. The third-order valence-corrected chi connectivity index (χ3v) is 4.48. The van der Waals surface area contributed by atoms with Gasteiger partial charge < -0.3 is 15.7 Å². The second-order valence-electron chi connectivity index (χ2n) is 5.69. The van der Waals surface area contributed by atoms with Crippen LogP contribution in [-0.4, -0.2) is 41.3 Å². The molecule has 3 N–H and O–H groups in total. The molecule has 1 heterocycles. The molecule has 3 heteroatoms. The molecule has 1 spiro atoms. The van der Waals surface area contributed by atoms with E-state index in [-0.39, 0.29) is 17.6 Å². The molecule has 0 radical (unpaired) electrons. The van der Waals surface area contributed by atoms with Crippen LogP contribution >= 0.6 is 0 Å². The number of aliphatic hydroxyl groups is 1. The monoisotopic (exact) mass is 212 g/mol. The number of nitrogens with zero attached hydrogens (tertiary/aromatic N) is 1. The minimum atomic E-state index is -0.148. The second-order valence-corrected chi connectivity index (χ2v) is 5.69. The first-order valence-electron chi connectivity index (χ1n) is 6.21. The topological polar surface area (TPSA) is 49.5 Å². The SMILES string of the molecule is CC(C)N1CCC2(CC1)C[C@H](O)C[C@H]2N. The summed E-state index contributed by atoms with van der Waals surface area (Å²) in [6.07, 6.45) is 3.93. The fraction of sp³-hybridized carbons (Fsp3) is 1.00. The van der Waals surface area contributed by atoms with Crippen molar-refractivity contribution in [2.75, 3.05) is 13.1 Å². The lowest BCUT2D eigenvalue weighted by atomic mass is 9.74. The van der Waals surface area contributed by atoms with E-state index in [2.05, 4.69) is 18.7 Å². The van der Waals surface area contributed by atoms with E-state index in [0.29, 0.717) is 6.04 Å². The summed E-state index contributed by atoms with van der Waals surface area (Å²) in [4.78, 5) is 2.52. The number of nitrogens with two attached hydrogens (primary N) is 1. The first-order chi connectivity index (χ1) is 7.03. The molecule has 0 unspecified atom stereocenters. The van der Waals surface area contributed by atoms with Crippen LogP contribution in [0.1, 0.15) is 39.5 Å². The van der Waals surface area contributed by atoms with Crippen LogP contribution in [0.15, 0.2) is 0 Å². The Hall–Kier alpha value is -0.120. The molecule has 88 valence electrons. The van der Waals surface area contributed by atoms with Gasteiger partial charge in [-0.05, 0) is 58.0 Å². The lowest BCUT2D eigenvalue weighted by molar-refractivity contribution is 0.0648. The summed E-state index contributed by atoms with van der Waals surface area (Å²) in [5.74, 6) is 0. The van der Waals surface area contributed by atoms with E-state index in [1.807, 2.05) is 0 Å². The maximum absolute atomic E-state index is 9.70. The van der Waals surface area contributed by atoms with Crippen LogP contribution in [0.25, 0.3) is 0 Å². The fourth-order valence-electron chi connectivity index (χ4n) is 3.31. The van der Waals surface area contributed by atoms with Gasteiger partial charge in [0, 0.05) is 12.1 Å². The van der Waals surface area contributed by atoms with Gasteiger partial charge in [0.15, 0.2) is 0 Å². The average molecular weight is 212 g/mol. The maximum Gasteiger partial charge on any atom is 0.0561 e. The zero-order chi connectivity index (χ0) is 11.1. The van der Waals surface area contributed by atoms with Gasteiger partial charge in [0.25, 0.3) is 0 Å². The summed E-state index contributed by atoms with van der Waals surface area (Å²) in [7, 11) is 0. The van der Waals surface area contributed by atoms with Crippen LogP contribution < -0.4 is 5.73 Å². The molecule has 1 aliphatic heterocycles. The van der Waals surface area contributed by atoms with E-state index in [0.717, 1.165) is 25.9 Å². The molecule has 3 nitrogen and oxygen atoms in total. The van der Waals surface area contributed by atoms with E-state index in [1.54, 1.807) is 0 Å². The van der Waals surface area contributed by atoms with Crippen LogP contribution in [0.2, 0.25) is 0 Å². The van der Waals surface area contributed by atoms with E-state index in [4.69, 9.17) is 5.73 Å². The molecule has 0 aromatic heterocycles. The molecule has 0 aromatic carbocycles. The molecule has 0 amide bonds. The highest BCUT2D eigenvalue weighted by Crippen LogP contribution is 2.45. The Bertz CT molecular complexity index is 222. The minimum Gasteiger partial charge on any atom is -0.393 e. The Morgan fingerprint density at radius 1 is 1.33 bits per heavy atom. The zero-order valence-corrected chi connectivity index (χ0v) is 9.95. The number of hydrogen-bond donors (Lipinski definition) is 2. The van der Waals surface area contributed by atoms with Crippen LogP contribution in [0.3, 0.4) is 0 Å². The van der Waals surface area contributed by atoms with E-state index < -0.39 is 0 Å². The molecule has 2 fully saturated rings. The van der Waals surface area contributed by atoms with Crippen LogP contribution in [-0.2, 0) is 0 Å². The molecular formula is C12H24N2O. The van der Waals surface area contributed by atoms with Gasteiger partial charge in [0.2, 0.25) is 0 Å². The largest absolute Gasteiger partial charge is 0.393 e. The number of aliphatic hydroxyl groups excluding tert-OH is 1. The molecule has 2 atom stereocenters. The Morgan fingerprint density at radius 2 is 1.93 bits per heavy atom. The highest BCUT2D eigenvalue weighted by molar-refractivity contribution is 5.01. The molecule has 15 heavy (non-hydrogen) atoms. The van der Waals surface area contributed by atoms with Crippen molar-refractivity contribution < 1.29 is 5.11 Å². The Balaban J connectivity index is 1.97. The normalized spacial score (nSPS) is 36.6. The Kier molecular flexibility index (Phi) is 3.06. The fourth-order valence-corrected chi connectivity index (χ4v) is 3.31. The van der Waals surface area contributed by atoms with Gasteiger partial charge in [0.05, 0.1) is 6.10 Å². The molecule has 0 aromatic rings. The van der Waals surface area contributed by atoms with Gasteiger partial charge in [0.1, 0.15) is 0 Å². The van der Waals surface area contributed by atoms with E-state index in [9.17, 15) is 5.11 Å². The highest BCUT2D eigenvalue weighted by Gasteiger charge is 2.46.